The number of aromatic nitrogens is 4. The fraction of sp³-hybridized carbons (Fsp3) is 0.222. The van der Waals surface area contributed by atoms with Crippen molar-refractivity contribution in [2.24, 2.45) is 0 Å². The van der Waals surface area contributed by atoms with Gasteiger partial charge in [-0.2, -0.15) is 10.1 Å². The molecule has 0 fully saturated rings. The maximum Gasteiger partial charge on any atom is 0.242 e. The summed E-state index contributed by atoms with van der Waals surface area (Å²) in [6.45, 7) is 1.89. The standard InChI is InChI=1S/C9H11N5O/c1-6-3-4-14(13-6)8-7(10)9(15-2)12-5-11-8/h3-5H,10H2,1-2H3. The van der Waals surface area contributed by atoms with Crippen molar-refractivity contribution in [2.45, 2.75) is 6.92 Å². The molecule has 15 heavy (non-hydrogen) atoms. The van der Waals surface area contributed by atoms with E-state index in [0.717, 1.165) is 5.69 Å². The van der Waals surface area contributed by atoms with Crippen LogP contribution in [0.15, 0.2) is 18.6 Å². The van der Waals surface area contributed by atoms with Crippen molar-refractivity contribution in [1.29, 1.82) is 0 Å². The average Bonchev–Trinajstić information content (AvgIpc) is 2.65. The molecule has 0 spiro atoms. The van der Waals surface area contributed by atoms with Crippen LogP contribution >= 0.6 is 0 Å². The van der Waals surface area contributed by atoms with E-state index in [4.69, 9.17) is 10.5 Å². The molecule has 6 nitrogen and oxygen atoms in total. The monoisotopic (exact) mass is 205 g/mol. The normalized spacial score (nSPS) is 10.3. The molecule has 2 N–H and O–H groups in total. The molecule has 2 aromatic rings. The molecule has 2 rings (SSSR count). The summed E-state index contributed by atoms with van der Waals surface area (Å²) in [6, 6.07) is 1.87. The molecule has 0 aliphatic heterocycles. The Bertz CT molecular complexity index is 479. The lowest BCUT2D eigenvalue weighted by atomic mass is 10.4. The second-order valence-corrected chi connectivity index (χ2v) is 3.02. The summed E-state index contributed by atoms with van der Waals surface area (Å²) >= 11 is 0. The van der Waals surface area contributed by atoms with Gasteiger partial charge in [-0.05, 0) is 13.0 Å². The lowest BCUT2D eigenvalue weighted by molar-refractivity contribution is 0.399. The van der Waals surface area contributed by atoms with Gasteiger partial charge in [0.2, 0.25) is 5.88 Å². The maximum absolute atomic E-state index is 5.82. The molecule has 0 bridgehead atoms. The number of nitrogens with zero attached hydrogens (tertiary/aromatic N) is 4. The summed E-state index contributed by atoms with van der Waals surface area (Å²) in [7, 11) is 1.51. The first-order valence-electron chi connectivity index (χ1n) is 4.39. The Kier molecular flexibility index (Phi) is 2.24. The van der Waals surface area contributed by atoms with E-state index in [2.05, 4.69) is 15.1 Å². The summed E-state index contributed by atoms with van der Waals surface area (Å²) in [5.74, 6) is 0.878. The zero-order chi connectivity index (χ0) is 10.8. The number of hydrogen-bond acceptors (Lipinski definition) is 5. The number of hydrogen-bond donors (Lipinski definition) is 1. The number of nitrogen functional groups attached to an aromatic ring is 1. The van der Waals surface area contributed by atoms with Gasteiger partial charge in [-0.25, -0.2) is 9.67 Å². The van der Waals surface area contributed by atoms with Crippen molar-refractivity contribution >= 4 is 5.69 Å². The van der Waals surface area contributed by atoms with Crippen LogP contribution in [-0.4, -0.2) is 26.9 Å². The molecule has 0 saturated heterocycles. The van der Waals surface area contributed by atoms with Crippen LogP contribution in [0.3, 0.4) is 0 Å². The summed E-state index contributed by atoms with van der Waals surface area (Å²) in [6.07, 6.45) is 3.18. The predicted octanol–water partition coefficient (Wildman–Crippen LogP) is 0.562. The van der Waals surface area contributed by atoms with Gasteiger partial charge in [0, 0.05) is 6.20 Å². The van der Waals surface area contributed by atoms with Gasteiger partial charge in [0.15, 0.2) is 5.82 Å². The summed E-state index contributed by atoms with van der Waals surface area (Å²) < 4.78 is 6.59. The van der Waals surface area contributed by atoms with E-state index in [0.29, 0.717) is 17.4 Å². The Morgan fingerprint density at radius 2 is 2.20 bits per heavy atom. The lowest BCUT2D eigenvalue weighted by Crippen LogP contribution is -2.06. The molecule has 78 valence electrons. The first-order valence-corrected chi connectivity index (χ1v) is 4.39. The Labute approximate surface area is 86.7 Å². The van der Waals surface area contributed by atoms with Crippen molar-refractivity contribution in [3.05, 3.63) is 24.3 Å². The van der Waals surface area contributed by atoms with Crippen LogP contribution < -0.4 is 10.5 Å². The molecule has 6 heteroatoms. The van der Waals surface area contributed by atoms with E-state index in [-0.39, 0.29) is 0 Å². The van der Waals surface area contributed by atoms with Crippen LogP contribution in [0.5, 0.6) is 5.88 Å². The lowest BCUT2D eigenvalue weighted by Gasteiger charge is -2.06. The average molecular weight is 205 g/mol. The third kappa shape index (κ3) is 1.61. The zero-order valence-electron chi connectivity index (χ0n) is 8.51. The van der Waals surface area contributed by atoms with Gasteiger partial charge in [0.25, 0.3) is 0 Å². The molecular weight excluding hydrogens is 194 g/mol. The maximum atomic E-state index is 5.82. The molecule has 0 saturated carbocycles. The molecule has 0 aromatic carbocycles. The third-order valence-corrected chi connectivity index (χ3v) is 1.96. The smallest absolute Gasteiger partial charge is 0.242 e. The molecule has 0 amide bonds. The van der Waals surface area contributed by atoms with Gasteiger partial charge in [0.05, 0.1) is 12.8 Å². The van der Waals surface area contributed by atoms with Crippen molar-refractivity contribution in [3.63, 3.8) is 0 Å². The minimum Gasteiger partial charge on any atom is -0.479 e. The highest BCUT2D eigenvalue weighted by molar-refractivity contribution is 5.59. The van der Waals surface area contributed by atoms with E-state index in [1.807, 2.05) is 13.0 Å². The Balaban J connectivity index is 2.53. The Morgan fingerprint density at radius 1 is 1.40 bits per heavy atom. The minimum atomic E-state index is 0.355. The predicted molar refractivity (Wildman–Crippen MR) is 54.9 cm³/mol. The highest BCUT2D eigenvalue weighted by Gasteiger charge is 2.10. The number of ether oxygens (including phenoxy) is 1. The van der Waals surface area contributed by atoms with Crippen molar-refractivity contribution < 1.29 is 4.74 Å². The topological polar surface area (TPSA) is 78.9 Å². The number of methoxy groups -OCH3 is 1. The molecule has 0 radical (unpaired) electrons. The molecular formula is C9H11N5O. The largest absolute Gasteiger partial charge is 0.479 e. The van der Waals surface area contributed by atoms with E-state index in [9.17, 15) is 0 Å². The first kappa shape index (κ1) is 9.45. The fourth-order valence-electron chi connectivity index (χ4n) is 1.25. The highest BCUT2D eigenvalue weighted by atomic mass is 16.5. The van der Waals surface area contributed by atoms with Crippen LogP contribution in [0.4, 0.5) is 5.69 Å². The van der Waals surface area contributed by atoms with Crippen LogP contribution in [0.1, 0.15) is 5.69 Å². The summed E-state index contributed by atoms with van der Waals surface area (Å²) in [4.78, 5) is 7.95. The SMILES string of the molecule is COc1ncnc(-n2ccc(C)n2)c1N. The minimum absolute atomic E-state index is 0.355. The van der Waals surface area contributed by atoms with Crippen LogP contribution in [0.25, 0.3) is 5.82 Å². The number of rotatable bonds is 2. The Morgan fingerprint density at radius 3 is 2.80 bits per heavy atom. The van der Waals surface area contributed by atoms with Crippen LogP contribution in [-0.2, 0) is 0 Å². The van der Waals surface area contributed by atoms with Crippen LogP contribution in [0.2, 0.25) is 0 Å². The second-order valence-electron chi connectivity index (χ2n) is 3.02. The highest BCUT2D eigenvalue weighted by Crippen LogP contribution is 2.22. The number of nitrogens with two attached hydrogens (primary N) is 1. The molecule has 0 aliphatic carbocycles. The van der Waals surface area contributed by atoms with Gasteiger partial charge in [-0.3, -0.25) is 0 Å². The van der Waals surface area contributed by atoms with Crippen molar-refractivity contribution in [1.82, 2.24) is 19.7 Å². The van der Waals surface area contributed by atoms with Crippen LogP contribution in [0, 0.1) is 6.92 Å². The second kappa shape index (κ2) is 3.56. The zero-order valence-corrected chi connectivity index (χ0v) is 8.51. The Hall–Kier alpha value is -2.11. The molecule has 0 aliphatic rings. The van der Waals surface area contributed by atoms with Gasteiger partial charge in [0.1, 0.15) is 12.0 Å². The molecule has 0 unspecified atom stereocenters. The van der Waals surface area contributed by atoms with E-state index >= 15 is 0 Å². The fourth-order valence-corrected chi connectivity index (χ4v) is 1.25. The third-order valence-electron chi connectivity index (χ3n) is 1.96. The molecule has 2 aromatic heterocycles. The first-order chi connectivity index (χ1) is 7.22. The summed E-state index contributed by atoms with van der Waals surface area (Å²) in [5.41, 5.74) is 7.10. The van der Waals surface area contributed by atoms with Gasteiger partial charge in [-0.1, -0.05) is 0 Å². The number of anilines is 1. The van der Waals surface area contributed by atoms with E-state index in [1.165, 1.54) is 13.4 Å². The van der Waals surface area contributed by atoms with E-state index in [1.54, 1.807) is 10.9 Å². The van der Waals surface area contributed by atoms with Gasteiger partial charge in [-0.15, -0.1) is 0 Å². The number of aryl methyl sites for hydroxylation is 1. The van der Waals surface area contributed by atoms with E-state index < -0.39 is 0 Å². The summed E-state index contributed by atoms with van der Waals surface area (Å²) in [5, 5.41) is 4.21. The van der Waals surface area contributed by atoms with Gasteiger partial charge >= 0.3 is 0 Å². The van der Waals surface area contributed by atoms with Crippen molar-refractivity contribution in [2.75, 3.05) is 12.8 Å². The van der Waals surface area contributed by atoms with Gasteiger partial charge < -0.3 is 10.5 Å². The van der Waals surface area contributed by atoms with Crippen molar-refractivity contribution in [3.8, 4) is 11.7 Å². The quantitative estimate of drug-likeness (QED) is 0.775. The molecule has 0 atom stereocenters. The molecule has 2 heterocycles.